The summed E-state index contributed by atoms with van der Waals surface area (Å²) >= 11 is 0. The van der Waals surface area contributed by atoms with Gasteiger partial charge >= 0.3 is 6.09 Å². The number of hydrogen-bond acceptors (Lipinski definition) is 6. The first kappa shape index (κ1) is 22.6. The van der Waals surface area contributed by atoms with Crippen LogP contribution >= 0.6 is 0 Å². The Labute approximate surface area is 193 Å². The lowest BCUT2D eigenvalue weighted by molar-refractivity contribution is 0.0255. The van der Waals surface area contributed by atoms with Crippen molar-refractivity contribution in [3.63, 3.8) is 0 Å². The molecule has 0 aromatic carbocycles. The highest BCUT2D eigenvalue weighted by Crippen LogP contribution is 2.33. The molecule has 1 fully saturated rings. The molecule has 9 nitrogen and oxygen atoms in total. The van der Waals surface area contributed by atoms with E-state index in [0.717, 1.165) is 36.1 Å². The topological polar surface area (TPSA) is 97.7 Å². The third-order valence-electron chi connectivity index (χ3n) is 5.97. The molecular weight excluding hydrogens is 420 g/mol. The normalized spacial score (nSPS) is 17.0. The highest BCUT2D eigenvalue weighted by atomic mass is 16.6. The predicted octanol–water partition coefficient (Wildman–Crippen LogP) is 4.35. The number of carbonyl (C=O) groups excluding carboxylic acids is 1. The Balaban J connectivity index is 1.57. The monoisotopic (exact) mass is 450 g/mol. The Bertz CT molecular complexity index is 1210. The van der Waals surface area contributed by atoms with Crippen LogP contribution in [0.2, 0.25) is 0 Å². The zero-order chi connectivity index (χ0) is 23.8. The van der Waals surface area contributed by atoms with Gasteiger partial charge in [-0.3, -0.25) is 4.68 Å². The molecule has 0 saturated carbocycles. The number of likely N-dealkylation sites (tertiary alicyclic amines) is 1. The molecule has 174 valence electrons. The molecule has 0 radical (unpaired) electrons. The summed E-state index contributed by atoms with van der Waals surface area (Å²) in [5, 5.41) is 18.4. The van der Waals surface area contributed by atoms with E-state index in [9.17, 15) is 10.1 Å². The molecule has 9 heteroatoms. The summed E-state index contributed by atoms with van der Waals surface area (Å²) in [5.74, 6) is 0.594. The first-order chi connectivity index (χ1) is 15.7. The fourth-order valence-corrected chi connectivity index (χ4v) is 4.38. The van der Waals surface area contributed by atoms with E-state index in [0.29, 0.717) is 29.9 Å². The van der Waals surface area contributed by atoms with Crippen LogP contribution in [-0.2, 0) is 4.74 Å². The van der Waals surface area contributed by atoms with Crippen LogP contribution in [-0.4, -0.2) is 56.2 Å². The maximum atomic E-state index is 12.5. The second-order valence-corrected chi connectivity index (χ2v) is 9.40. The average molecular weight is 451 g/mol. The van der Waals surface area contributed by atoms with Crippen molar-refractivity contribution in [2.75, 3.05) is 20.2 Å². The molecule has 0 bridgehead atoms. The number of rotatable bonds is 3. The number of methoxy groups -OCH3 is 1. The Hall–Kier alpha value is -3.54. The van der Waals surface area contributed by atoms with Gasteiger partial charge in [0, 0.05) is 36.1 Å². The van der Waals surface area contributed by atoms with Gasteiger partial charge in [0.2, 0.25) is 0 Å². The van der Waals surface area contributed by atoms with Gasteiger partial charge in [-0.25, -0.2) is 9.31 Å². The van der Waals surface area contributed by atoms with E-state index in [1.165, 1.54) is 0 Å². The van der Waals surface area contributed by atoms with E-state index in [2.05, 4.69) is 22.8 Å². The highest BCUT2D eigenvalue weighted by molar-refractivity contribution is 5.76. The van der Waals surface area contributed by atoms with E-state index < -0.39 is 5.60 Å². The van der Waals surface area contributed by atoms with Crippen molar-refractivity contribution < 1.29 is 14.3 Å². The summed E-state index contributed by atoms with van der Waals surface area (Å²) in [6, 6.07) is 4.28. The number of nitrogens with zero attached hydrogens (tertiary/aromatic N) is 6. The minimum atomic E-state index is -0.499. The minimum absolute atomic E-state index is 0.201. The number of nitriles is 1. The van der Waals surface area contributed by atoms with Crippen molar-refractivity contribution in [3.8, 4) is 22.9 Å². The van der Waals surface area contributed by atoms with Crippen molar-refractivity contribution in [1.29, 1.82) is 5.26 Å². The molecule has 1 aliphatic heterocycles. The van der Waals surface area contributed by atoms with Crippen LogP contribution < -0.4 is 4.74 Å². The second kappa shape index (κ2) is 8.77. The molecule has 3 aromatic heterocycles. The van der Waals surface area contributed by atoms with Gasteiger partial charge < -0.3 is 14.4 Å². The van der Waals surface area contributed by atoms with Crippen molar-refractivity contribution in [2.45, 2.75) is 58.6 Å². The van der Waals surface area contributed by atoms with Crippen molar-refractivity contribution in [3.05, 3.63) is 35.9 Å². The van der Waals surface area contributed by atoms with Crippen LogP contribution in [0.15, 0.2) is 24.7 Å². The van der Waals surface area contributed by atoms with Gasteiger partial charge in [-0.15, -0.1) is 0 Å². The zero-order valence-electron chi connectivity index (χ0n) is 19.8. The van der Waals surface area contributed by atoms with Gasteiger partial charge in [0.15, 0.2) is 0 Å². The van der Waals surface area contributed by atoms with Gasteiger partial charge in [-0.05, 0) is 53.0 Å². The SMILES string of the molecule is COc1cc(-c2cnn([C@@H]3CCCN(C(=O)OC(C)(C)C)CC3)c2C)cn2ncc(C#N)c12. The highest BCUT2D eigenvalue weighted by Gasteiger charge is 2.27. The summed E-state index contributed by atoms with van der Waals surface area (Å²) < 4.78 is 14.8. The molecule has 3 aromatic rings. The first-order valence-electron chi connectivity index (χ1n) is 11.2. The van der Waals surface area contributed by atoms with Gasteiger partial charge in [0.1, 0.15) is 28.5 Å². The number of hydrogen-bond donors (Lipinski definition) is 0. The predicted molar refractivity (Wildman–Crippen MR) is 123 cm³/mol. The fraction of sp³-hybridized carbons (Fsp3) is 0.500. The van der Waals surface area contributed by atoms with E-state index in [1.807, 2.05) is 39.2 Å². The van der Waals surface area contributed by atoms with Gasteiger partial charge in [-0.2, -0.15) is 15.5 Å². The number of fused-ring (bicyclic) bond motifs is 1. The third-order valence-corrected chi connectivity index (χ3v) is 5.97. The van der Waals surface area contributed by atoms with Crippen LogP contribution in [0.4, 0.5) is 4.79 Å². The van der Waals surface area contributed by atoms with Crippen LogP contribution in [0, 0.1) is 18.3 Å². The van der Waals surface area contributed by atoms with Crippen molar-refractivity contribution in [1.82, 2.24) is 24.3 Å². The molecule has 4 heterocycles. The number of ether oxygens (including phenoxy) is 2. The maximum Gasteiger partial charge on any atom is 0.410 e. The van der Waals surface area contributed by atoms with E-state index in [4.69, 9.17) is 14.6 Å². The van der Waals surface area contributed by atoms with E-state index in [1.54, 1.807) is 22.7 Å². The first-order valence-corrected chi connectivity index (χ1v) is 11.2. The number of pyridine rings is 1. The molecule has 1 aliphatic rings. The quantitative estimate of drug-likeness (QED) is 0.588. The minimum Gasteiger partial charge on any atom is -0.494 e. The smallest absolute Gasteiger partial charge is 0.410 e. The second-order valence-electron chi connectivity index (χ2n) is 9.40. The fourth-order valence-electron chi connectivity index (χ4n) is 4.38. The molecule has 33 heavy (non-hydrogen) atoms. The molecule has 4 rings (SSSR count). The van der Waals surface area contributed by atoms with Gasteiger partial charge in [0.25, 0.3) is 0 Å². The largest absolute Gasteiger partial charge is 0.494 e. The van der Waals surface area contributed by atoms with Crippen molar-refractivity contribution >= 4 is 11.6 Å². The Kier molecular flexibility index (Phi) is 6.02. The molecule has 0 spiro atoms. The Morgan fingerprint density at radius 3 is 2.70 bits per heavy atom. The lowest BCUT2D eigenvalue weighted by Crippen LogP contribution is -2.37. The van der Waals surface area contributed by atoms with E-state index in [-0.39, 0.29) is 12.1 Å². The summed E-state index contributed by atoms with van der Waals surface area (Å²) in [7, 11) is 1.59. The third kappa shape index (κ3) is 4.51. The summed E-state index contributed by atoms with van der Waals surface area (Å²) in [6.45, 7) is 9.04. The van der Waals surface area contributed by atoms with Crippen LogP contribution in [0.5, 0.6) is 5.75 Å². The van der Waals surface area contributed by atoms with Gasteiger partial charge in [-0.1, -0.05) is 0 Å². The molecule has 1 amide bonds. The zero-order valence-corrected chi connectivity index (χ0v) is 19.8. The molecule has 0 unspecified atom stereocenters. The van der Waals surface area contributed by atoms with Crippen LogP contribution in [0.25, 0.3) is 16.6 Å². The molecule has 0 N–H and O–H groups in total. The van der Waals surface area contributed by atoms with E-state index >= 15 is 0 Å². The Morgan fingerprint density at radius 2 is 2.00 bits per heavy atom. The van der Waals surface area contributed by atoms with Gasteiger partial charge in [0.05, 0.1) is 25.5 Å². The van der Waals surface area contributed by atoms with Crippen molar-refractivity contribution in [2.24, 2.45) is 0 Å². The van der Waals surface area contributed by atoms with Crippen LogP contribution in [0.3, 0.4) is 0 Å². The average Bonchev–Trinajstić information content (AvgIpc) is 3.26. The lowest BCUT2D eigenvalue weighted by Gasteiger charge is -2.26. The number of amides is 1. The summed E-state index contributed by atoms with van der Waals surface area (Å²) in [4.78, 5) is 14.3. The standard InChI is InChI=1S/C24H30N6O3/c1-16-20(17-11-21(32-5)22-18(12-25)13-26-29(22)15-17)14-27-30(16)19-7-6-9-28(10-8-19)23(31)33-24(2,3)4/h11,13-15,19H,6-10H2,1-5H3/t19-/m1/s1. The number of carbonyl (C=O) groups is 1. The summed E-state index contributed by atoms with van der Waals surface area (Å²) in [5.41, 5.74) is 3.57. The summed E-state index contributed by atoms with van der Waals surface area (Å²) in [6.07, 6.45) is 7.69. The molecular formula is C24H30N6O3. The Morgan fingerprint density at radius 1 is 1.21 bits per heavy atom. The van der Waals surface area contributed by atoms with Crippen LogP contribution in [0.1, 0.15) is 57.3 Å². The maximum absolute atomic E-state index is 12.5. The lowest BCUT2D eigenvalue weighted by atomic mass is 10.1. The molecule has 1 atom stereocenters. The molecule has 0 aliphatic carbocycles. The molecule has 1 saturated heterocycles. The number of aromatic nitrogens is 4.